The van der Waals surface area contributed by atoms with E-state index in [0.717, 1.165) is 50.9 Å². The smallest absolute Gasteiger partial charge is 0.229 e. The molecule has 1 saturated heterocycles. The van der Waals surface area contributed by atoms with Gasteiger partial charge in [-0.05, 0) is 12.0 Å². The van der Waals surface area contributed by atoms with Crippen LogP contribution in [-0.2, 0) is 0 Å². The lowest BCUT2D eigenvalue weighted by molar-refractivity contribution is 0.278. The molecule has 6 nitrogen and oxygen atoms in total. The maximum atomic E-state index is 5.93. The van der Waals surface area contributed by atoms with Crippen LogP contribution in [0.3, 0.4) is 0 Å². The van der Waals surface area contributed by atoms with Gasteiger partial charge in [0.1, 0.15) is 11.6 Å². The van der Waals surface area contributed by atoms with E-state index < -0.39 is 0 Å². The molecule has 6 heteroatoms. The third kappa shape index (κ3) is 4.14. The number of piperazine rings is 1. The van der Waals surface area contributed by atoms with Gasteiger partial charge in [-0.3, -0.25) is 4.90 Å². The fourth-order valence-corrected chi connectivity index (χ4v) is 2.90. The molecule has 0 unspecified atom stereocenters. The van der Waals surface area contributed by atoms with Crippen molar-refractivity contribution < 1.29 is 0 Å². The maximum absolute atomic E-state index is 5.93. The molecule has 1 aromatic heterocycles. The fourth-order valence-electron chi connectivity index (χ4n) is 2.90. The van der Waals surface area contributed by atoms with Crippen LogP contribution in [0.2, 0.25) is 0 Å². The van der Waals surface area contributed by atoms with Gasteiger partial charge in [-0.1, -0.05) is 30.4 Å². The Hall–Kier alpha value is -2.34. The molecule has 0 radical (unpaired) electrons. The summed E-state index contributed by atoms with van der Waals surface area (Å²) in [5, 5.41) is 0. The Kier molecular flexibility index (Phi) is 5.15. The number of hydrogen-bond donors (Lipinski definition) is 1. The van der Waals surface area contributed by atoms with E-state index in [0.29, 0.717) is 5.82 Å². The fraction of sp³-hybridized carbons (Fsp3) is 0.444. The first-order chi connectivity index (χ1) is 11.6. The van der Waals surface area contributed by atoms with Gasteiger partial charge in [-0.2, -0.15) is 9.97 Å². The first kappa shape index (κ1) is 16.5. The summed E-state index contributed by atoms with van der Waals surface area (Å²) in [6, 6.07) is 1.80. The molecule has 0 aromatic carbocycles. The minimum atomic E-state index is 0.520. The van der Waals surface area contributed by atoms with Crippen molar-refractivity contribution in [2.75, 3.05) is 62.4 Å². The van der Waals surface area contributed by atoms with Crippen LogP contribution in [0.25, 0.3) is 0 Å². The first-order valence-electron chi connectivity index (χ1n) is 8.43. The van der Waals surface area contributed by atoms with Crippen molar-refractivity contribution in [1.29, 1.82) is 0 Å². The van der Waals surface area contributed by atoms with Gasteiger partial charge in [0.05, 0.1) is 0 Å². The average Bonchev–Trinajstić information content (AvgIpc) is 2.83. The summed E-state index contributed by atoms with van der Waals surface area (Å²) in [5.74, 6) is 2.10. The van der Waals surface area contributed by atoms with E-state index in [2.05, 4.69) is 50.1 Å². The number of nitrogens with zero attached hydrogens (tertiary/aromatic N) is 5. The molecule has 1 aromatic rings. The lowest BCUT2D eigenvalue weighted by Crippen LogP contribution is -2.47. The Bertz CT molecular complexity index is 653. The highest BCUT2D eigenvalue weighted by atomic mass is 15.3. The molecule has 2 N–H and O–H groups in total. The molecule has 0 bridgehead atoms. The lowest BCUT2D eigenvalue weighted by Gasteiger charge is -2.35. The third-order valence-corrected chi connectivity index (χ3v) is 4.29. The summed E-state index contributed by atoms with van der Waals surface area (Å²) in [5.41, 5.74) is 7.30. The summed E-state index contributed by atoms with van der Waals surface area (Å²) in [6.45, 7) is 4.84. The van der Waals surface area contributed by atoms with E-state index in [4.69, 9.17) is 5.73 Å². The number of rotatable bonds is 4. The van der Waals surface area contributed by atoms with Crippen molar-refractivity contribution in [2.45, 2.75) is 6.42 Å². The molecule has 1 fully saturated rings. The van der Waals surface area contributed by atoms with Gasteiger partial charge >= 0.3 is 0 Å². The van der Waals surface area contributed by atoms with Crippen molar-refractivity contribution in [1.82, 2.24) is 14.9 Å². The summed E-state index contributed by atoms with van der Waals surface area (Å²) in [6.07, 6.45) is 12.0. The van der Waals surface area contributed by atoms with Crippen molar-refractivity contribution in [3.05, 3.63) is 42.0 Å². The summed E-state index contributed by atoms with van der Waals surface area (Å²) >= 11 is 0. The Balaban J connectivity index is 1.61. The molecule has 24 heavy (non-hydrogen) atoms. The second-order valence-electron chi connectivity index (χ2n) is 6.42. The number of allylic oxidation sites excluding steroid dienone is 4. The molecule has 128 valence electrons. The Morgan fingerprint density at radius 3 is 2.67 bits per heavy atom. The van der Waals surface area contributed by atoms with Gasteiger partial charge in [-0.15, -0.1) is 0 Å². The topological polar surface area (TPSA) is 61.5 Å². The van der Waals surface area contributed by atoms with Crippen LogP contribution in [0.1, 0.15) is 6.42 Å². The Morgan fingerprint density at radius 1 is 1.12 bits per heavy atom. The van der Waals surface area contributed by atoms with Crippen LogP contribution in [-0.4, -0.2) is 61.7 Å². The quantitative estimate of drug-likeness (QED) is 0.908. The lowest BCUT2D eigenvalue weighted by atomic mass is 10.2. The van der Waals surface area contributed by atoms with E-state index in [9.17, 15) is 0 Å². The summed E-state index contributed by atoms with van der Waals surface area (Å²) in [7, 11) is 3.93. The second-order valence-corrected chi connectivity index (χ2v) is 6.42. The van der Waals surface area contributed by atoms with E-state index in [1.165, 1.54) is 5.57 Å². The van der Waals surface area contributed by atoms with Crippen LogP contribution in [0.15, 0.2) is 42.0 Å². The Morgan fingerprint density at radius 2 is 1.92 bits per heavy atom. The number of aromatic nitrogens is 2. The van der Waals surface area contributed by atoms with Crippen LogP contribution >= 0.6 is 0 Å². The van der Waals surface area contributed by atoms with Crippen LogP contribution in [0.5, 0.6) is 0 Å². The normalized spacial score (nSPS) is 18.4. The molecule has 2 heterocycles. The molecule has 1 aliphatic heterocycles. The van der Waals surface area contributed by atoms with E-state index in [1.807, 2.05) is 19.0 Å². The van der Waals surface area contributed by atoms with Gasteiger partial charge < -0.3 is 15.5 Å². The summed E-state index contributed by atoms with van der Waals surface area (Å²) < 4.78 is 0. The number of hydrogen-bond acceptors (Lipinski definition) is 6. The zero-order chi connectivity index (χ0) is 16.9. The standard InChI is InChI=1S/C18H26N6/c1-22(2)17-13-16(19)20-18(21-17)24-11-9-23(10-12-24)14-15-7-5-3-4-6-8-15/h3,5-8,13H,4,9-12,14H2,1-2H3,(H2,19,20,21). The van der Waals surface area contributed by atoms with E-state index in [-0.39, 0.29) is 0 Å². The van der Waals surface area contributed by atoms with Gasteiger partial charge in [0, 0.05) is 52.9 Å². The SMILES string of the molecule is CN(C)c1cc(N)nc(N2CCN(CC3=CC=CCC=C3)CC2)n1. The van der Waals surface area contributed by atoms with E-state index in [1.54, 1.807) is 6.07 Å². The molecular formula is C18H26N6. The maximum Gasteiger partial charge on any atom is 0.229 e. The molecule has 0 spiro atoms. The molecule has 2 aliphatic rings. The number of nitrogens with two attached hydrogens (primary N) is 1. The molecular weight excluding hydrogens is 300 g/mol. The van der Waals surface area contributed by atoms with Crippen molar-refractivity contribution in [3.8, 4) is 0 Å². The third-order valence-electron chi connectivity index (χ3n) is 4.29. The molecule has 0 amide bonds. The zero-order valence-electron chi connectivity index (χ0n) is 14.5. The average molecular weight is 326 g/mol. The minimum absolute atomic E-state index is 0.520. The number of anilines is 3. The minimum Gasteiger partial charge on any atom is -0.383 e. The molecule has 3 rings (SSSR count). The summed E-state index contributed by atoms with van der Waals surface area (Å²) in [4.78, 5) is 15.7. The van der Waals surface area contributed by atoms with Gasteiger partial charge in [0.15, 0.2) is 0 Å². The van der Waals surface area contributed by atoms with Crippen molar-refractivity contribution in [2.24, 2.45) is 0 Å². The van der Waals surface area contributed by atoms with Crippen LogP contribution in [0, 0.1) is 0 Å². The molecule has 0 atom stereocenters. The van der Waals surface area contributed by atoms with Gasteiger partial charge in [-0.25, -0.2) is 0 Å². The highest BCUT2D eigenvalue weighted by Gasteiger charge is 2.20. The second kappa shape index (κ2) is 7.49. The highest BCUT2D eigenvalue weighted by Crippen LogP contribution is 2.19. The largest absolute Gasteiger partial charge is 0.383 e. The van der Waals surface area contributed by atoms with Crippen LogP contribution < -0.4 is 15.5 Å². The predicted molar refractivity (Wildman–Crippen MR) is 100 cm³/mol. The van der Waals surface area contributed by atoms with Gasteiger partial charge in [0.25, 0.3) is 0 Å². The first-order valence-corrected chi connectivity index (χ1v) is 8.43. The van der Waals surface area contributed by atoms with Gasteiger partial charge in [0.2, 0.25) is 5.95 Å². The Labute approximate surface area is 144 Å². The number of nitrogen functional groups attached to an aromatic ring is 1. The molecule has 1 aliphatic carbocycles. The molecule has 0 saturated carbocycles. The monoisotopic (exact) mass is 326 g/mol. The highest BCUT2D eigenvalue weighted by molar-refractivity contribution is 5.51. The zero-order valence-corrected chi connectivity index (χ0v) is 14.5. The van der Waals surface area contributed by atoms with Crippen molar-refractivity contribution >= 4 is 17.6 Å². The predicted octanol–water partition coefficient (Wildman–Crippen LogP) is 1.69. The van der Waals surface area contributed by atoms with Crippen molar-refractivity contribution in [3.63, 3.8) is 0 Å². The van der Waals surface area contributed by atoms with Crippen LogP contribution in [0.4, 0.5) is 17.6 Å². The van der Waals surface area contributed by atoms with E-state index >= 15 is 0 Å².